The van der Waals surface area contributed by atoms with Crippen LogP contribution in [-0.4, -0.2) is 33.3 Å². The number of benzene rings is 3. The van der Waals surface area contributed by atoms with E-state index in [2.05, 4.69) is 10.3 Å². The molecule has 4 aromatic rings. The number of aromatic nitrogens is 2. The summed E-state index contributed by atoms with van der Waals surface area (Å²) in [5.74, 6) is 1.16. The number of hydrogen-bond acceptors (Lipinski definition) is 4. The number of carbonyl (C=O) groups excluding carboxylic acids is 1. The van der Waals surface area contributed by atoms with Crippen molar-refractivity contribution in [2.24, 2.45) is 0 Å². The van der Waals surface area contributed by atoms with E-state index in [9.17, 15) is 9.90 Å². The van der Waals surface area contributed by atoms with Crippen molar-refractivity contribution in [3.05, 3.63) is 94.8 Å². The molecule has 0 fully saturated rings. The number of para-hydroxylation sites is 2. The van der Waals surface area contributed by atoms with Crippen molar-refractivity contribution in [2.75, 3.05) is 6.61 Å². The van der Waals surface area contributed by atoms with Gasteiger partial charge in [0.15, 0.2) is 0 Å². The summed E-state index contributed by atoms with van der Waals surface area (Å²) in [6.45, 7) is 2.82. The van der Waals surface area contributed by atoms with Gasteiger partial charge in [-0.15, -0.1) is 0 Å². The van der Waals surface area contributed by atoms with E-state index in [1.165, 1.54) is 0 Å². The van der Waals surface area contributed by atoms with E-state index in [0.717, 1.165) is 22.2 Å². The highest BCUT2D eigenvalue weighted by atomic mass is 35.5. The monoisotopic (exact) mass is 463 g/mol. The number of nitrogens with zero attached hydrogens (tertiary/aromatic N) is 2. The van der Waals surface area contributed by atoms with Crippen molar-refractivity contribution in [3.63, 3.8) is 0 Å². The van der Waals surface area contributed by atoms with E-state index in [4.69, 9.17) is 16.3 Å². The van der Waals surface area contributed by atoms with Crippen molar-refractivity contribution in [1.82, 2.24) is 14.9 Å². The van der Waals surface area contributed by atoms with Gasteiger partial charge in [0.25, 0.3) is 0 Å². The van der Waals surface area contributed by atoms with Crippen LogP contribution in [0, 0.1) is 6.92 Å². The summed E-state index contributed by atoms with van der Waals surface area (Å²) in [5, 5.41) is 14.2. The minimum absolute atomic E-state index is 0.105. The topological polar surface area (TPSA) is 76.4 Å². The van der Waals surface area contributed by atoms with Gasteiger partial charge in [0, 0.05) is 11.6 Å². The number of fused-ring (bicyclic) bond motifs is 1. The van der Waals surface area contributed by atoms with E-state index in [1.807, 2.05) is 72.2 Å². The van der Waals surface area contributed by atoms with Crippen molar-refractivity contribution < 1.29 is 14.6 Å². The zero-order valence-electron chi connectivity index (χ0n) is 18.4. The number of aliphatic hydroxyl groups is 1. The molecule has 170 valence electrons. The second kappa shape index (κ2) is 10.5. The van der Waals surface area contributed by atoms with E-state index >= 15 is 0 Å². The first kappa shape index (κ1) is 22.8. The standard InChI is InChI=1S/C26H26ClN3O3/c1-18-6-12-22(13-7-18)33-17-21(31)16-30-24-5-3-2-4-23(24)29-25(30)14-26(32)28-15-19-8-10-20(27)11-9-19/h2-13,21,31H,14-17H2,1H3,(H,28,32). The number of hydrogen-bond donors (Lipinski definition) is 2. The molecule has 0 saturated heterocycles. The number of aliphatic hydroxyl groups excluding tert-OH is 1. The summed E-state index contributed by atoms with van der Waals surface area (Å²) in [6, 6.07) is 22.7. The maximum Gasteiger partial charge on any atom is 0.227 e. The number of amides is 1. The fourth-order valence-corrected chi connectivity index (χ4v) is 3.69. The molecule has 0 radical (unpaired) electrons. The molecule has 1 aromatic heterocycles. The molecule has 4 rings (SSSR count). The fraction of sp³-hybridized carbons (Fsp3) is 0.231. The molecule has 33 heavy (non-hydrogen) atoms. The van der Waals surface area contributed by atoms with Gasteiger partial charge in [-0.3, -0.25) is 4.79 Å². The van der Waals surface area contributed by atoms with E-state index in [0.29, 0.717) is 23.1 Å². The summed E-state index contributed by atoms with van der Waals surface area (Å²) in [4.78, 5) is 17.3. The average molecular weight is 464 g/mol. The van der Waals surface area contributed by atoms with Crippen LogP contribution in [0.25, 0.3) is 11.0 Å². The molecule has 6 nitrogen and oxygen atoms in total. The molecule has 0 aliphatic heterocycles. The maximum atomic E-state index is 12.6. The molecule has 1 atom stereocenters. The summed E-state index contributed by atoms with van der Waals surface area (Å²) in [5.41, 5.74) is 3.76. The third-order valence-corrected chi connectivity index (χ3v) is 5.56. The molecule has 7 heteroatoms. The Hall–Kier alpha value is -3.35. The Balaban J connectivity index is 1.42. The lowest BCUT2D eigenvalue weighted by atomic mass is 10.2. The third-order valence-electron chi connectivity index (χ3n) is 5.31. The smallest absolute Gasteiger partial charge is 0.227 e. The van der Waals surface area contributed by atoms with E-state index in [1.54, 1.807) is 12.1 Å². The Kier molecular flexibility index (Phi) is 7.27. The average Bonchev–Trinajstić information content (AvgIpc) is 3.15. The first-order valence-corrected chi connectivity index (χ1v) is 11.2. The summed E-state index contributed by atoms with van der Waals surface area (Å²) >= 11 is 5.91. The highest BCUT2D eigenvalue weighted by molar-refractivity contribution is 6.30. The van der Waals surface area contributed by atoms with Crippen LogP contribution in [0.1, 0.15) is 17.0 Å². The molecule has 0 bridgehead atoms. The van der Waals surface area contributed by atoms with Crippen molar-refractivity contribution in [2.45, 2.75) is 32.5 Å². The predicted octanol–water partition coefficient (Wildman–Crippen LogP) is 4.30. The second-order valence-corrected chi connectivity index (χ2v) is 8.42. The Bertz CT molecular complexity index is 1220. The molecule has 0 saturated carbocycles. The van der Waals surface area contributed by atoms with Crippen LogP contribution in [0.2, 0.25) is 5.02 Å². The minimum atomic E-state index is -0.764. The van der Waals surface area contributed by atoms with Gasteiger partial charge < -0.3 is 19.7 Å². The Morgan fingerprint density at radius 1 is 1.09 bits per heavy atom. The van der Waals surface area contributed by atoms with Crippen LogP contribution in [-0.2, 0) is 24.3 Å². The number of imidazole rings is 1. The second-order valence-electron chi connectivity index (χ2n) is 7.99. The lowest BCUT2D eigenvalue weighted by molar-refractivity contribution is -0.120. The Labute approximate surface area is 197 Å². The highest BCUT2D eigenvalue weighted by Gasteiger charge is 2.17. The Morgan fingerprint density at radius 2 is 1.82 bits per heavy atom. The highest BCUT2D eigenvalue weighted by Crippen LogP contribution is 2.18. The molecule has 1 heterocycles. The number of aryl methyl sites for hydroxylation is 1. The lowest BCUT2D eigenvalue weighted by Gasteiger charge is -2.16. The molecule has 0 spiro atoms. The maximum absolute atomic E-state index is 12.6. The minimum Gasteiger partial charge on any atom is -0.491 e. The van der Waals surface area contributed by atoms with Gasteiger partial charge in [0.05, 0.1) is 24.0 Å². The van der Waals surface area contributed by atoms with Gasteiger partial charge in [-0.25, -0.2) is 4.98 Å². The number of carbonyl (C=O) groups is 1. The van der Waals surface area contributed by atoms with Crippen molar-refractivity contribution in [1.29, 1.82) is 0 Å². The number of halogens is 1. The molecular formula is C26H26ClN3O3. The zero-order chi connectivity index (χ0) is 23.2. The predicted molar refractivity (Wildman–Crippen MR) is 129 cm³/mol. The van der Waals surface area contributed by atoms with Gasteiger partial charge in [0.2, 0.25) is 5.91 Å². The zero-order valence-corrected chi connectivity index (χ0v) is 19.1. The fourth-order valence-electron chi connectivity index (χ4n) is 3.56. The van der Waals surface area contributed by atoms with E-state index in [-0.39, 0.29) is 25.5 Å². The summed E-state index contributed by atoms with van der Waals surface area (Å²) in [6.07, 6.45) is -0.659. The van der Waals surface area contributed by atoms with Gasteiger partial charge >= 0.3 is 0 Å². The number of rotatable bonds is 9. The molecule has 1 unspecified atom stereocenters. The van der Waals surface area contributed by atoms with Crippen LogP contribution in [0.5, 0.6) is 5.75 Å². The van der Waals surface area contributed by atoms with Gasteiger partial charge in [-0.2, -0.15) is 0 Å². The van der Waals surface area contributed by atoms with Crippen LogP contribution < -0.4 is 10.1 Å². The Morgan fingerprint density at radius 3 is 2.58 bits per heavy atom. The summed E-state index contributed by atoms with van der Waals surface area (Å²) < 4.78 is 7.62. The van der Waals surface area contributed by atoms with Crippen molar-refractivity contribution in [3.8, 4) is 5.75 Å². The van der Waals surface area contributed by atoms with Gasteiger partial charge in [-0.05, 0) is 48.9 Å². The molecule has 3 aromatic carbocycles. The first-order chi connectivity index (χ1) is 16.0. The van der Waals surface area contributed by atoms with Crippen LogP contribution in [0.3, 0.4) is 0 Å². The molecular weight excluding hydrogens is 438 g/mol. The third kappa shape index (κ3) is 6.12. The van der Waals surface area contributed by atoms with Crippen LogP contribution >= 0.6 is 11.6 Å². The summed E-state index contributed by atoms with van der Waals surface area (Å²) in [7, 11) is 0. The molecule has 1 amide bonds. The van der Waals surface area contributed by atoms with Gasteiger partial charge in [0.1, 0.15) is 24.3 Å². The van der Waals surface area contributed by atoms with Crippen molar-refractivity contribution >= 4 is 28.5 Å². The normalized spacial score (nSPS) is 12.0. The van der Waals surface area contributed by atoms with E-state index < -0.39 is 6.10 Å². The lowest BCUT2D eigenvalue weighted by Crippen LogP contribution is -2.28. The number of ether oxygens (including phenoxy) is 1. The molecule has 0 aliphatic rings. The number of nitrogens with one attached hydrogen (secondary N) is 1. The van der Waals surface area contributed by atoms with Crippen LogP contribution in [0.15, 0.2) is 72.8 Å². The quantitative estimate of drug-likeness (QED) is 0.388. The van der Waals surface area contributed by atoms with Crippen LogP contribution in [0.4, 0.5) is 0 Å². The van der Waals surface area contributed by atoms with Gasteiger partial charge in [-0.1, -0.05) is 53.6 Å². The largest absolute Gasteiger partial charge is 0.491 e. The molecule has 2 N–H and O–H groups in total. The first-order valence-electron chi connectivity index (χ1n) is 10.8. The SMILES string of the molecule is Cc1ccc(OCC(O)Cn2c(CC(=O)NCc3ccc(Cl)cc3)nc3ccccc32)cc1. The molecule has 0 aliphatic carbocycles.